The molecule has 0 bridgehead atoms. The number of anilines is 1. The van der Waals surface area contributed by atoms with Crippen LogP contribution < -0.4 is 4.90 Å². The Kier molecular flexibility index (Phi) is 5.51. The maximum Gasteiger partial charge on any atom is 0.256 e. The van der Waals surface area contributed by atoms with E-state index in [2.05, 4.69) is 19.9 Å². The molecule has 1 fully saturated rings. The standard InChI is InChI=1S/C24H22ClN5O2/c25-18-7-8-19-20(14-18)28-23(27-19)17-6-9-21(26-15-17)29-10-12-30(13-11-29)24(32)22(31)16-4-2-1-3-5-16/h1-9,14-15,22,31H,10-13H2,(H,27,28). The van der Waals surface area contributed by atoms with Crippen molar-refractivity contribution in [2.24, 2.45) is 0 Å². The maximum absolute atomic E-state index is 12.7. The average molecular weight is 448 g/mol. The van der Waals surface area contributed by atoms with Gasteiger partial charge in [0, 0.05) is 43.0 Å². The van der Waals surface area contributed by atoms with Crippen LogP contribution in [0.15, 0.2) is 66.9 Å². The summed E-state index contributed by atoms with van der Waals surface area (Å²) in [5, 5.41) is 11.1. The number of hydrogen-bond acceptors (Lipinski definition) is 5. The maximum atomic E-state index is 12.7. The molecule has 2 aromatic carbocycles. The van der Waals surface area contributed by atoms with Gasteiger partial charge in [0.15, 0.2) is 6.10 Å². The Bertz CT molecular complexity index is 1230. The fourth-order valence-corrected chi connectivity index (χ4v) is 4.11. The lowest BCUT2D eigenvalue weighted by Crippen LogP contribution is -2.50. The number of aliphatic hydroxyl groups excluding tert-OH is 1. The van der Waals surface area contributed by atoms with E-state index in [9.17, 15) is 9.90 Å². The van der Waals surface area contributed by atoms with Crippen LogP contribution in [0.2, 0.25) is 5.02 Å². The number of aromatic amines is 1. The molecule has 1 amide bonds. The van der Waals surface area contributed by atoms with E-state index in [1.54, 1.807) is 23.2 Å². The highest BCUT2D eigenvalue weighted by Crippen LogP contribution is 2.24. The molecule has 2 N–H and O–H groups in total. The van der Waals surface area contributed by atoms with E-state index < -0.39 is 6.10 Å². The summed E-state index contributed by atoms with van der Waals surface area (Å²) in [5.41, 5.74) is 3.24. The molecule has 3 heterocycles. The quantitative estimate of drug-likeness (QED) is 0.498. The van der Waals surface area contributed by atoms with Crippen LogP contribution in [-0.4, -0.2) is 57.0 Å². The predicted molar refractivity (Wildman–Crippen MR) is 125 cm³/mol. The molecule has 7 nitrogen and oxygen atoms in total. The molecular weight excluding hydrogens is 426 g/mol. The Hall–Kier alpha value is -3.42. The van der Waals surface area contributed by atoms with E-state index in [0.29, 0.717) is 36.8 Å². The van der Waals surface area contributed by atoms with Crippen molar-refractivity contribution in [3.8, 4) is 11.4 Å². The summed E-state index contributed by atoms with van der Waals surface area (Å²) >= 11 is 6.05. The highest BCUT2D eigenvalue weighted by molar-refractivity contribution is 6.31. The topological polar surface area (TPSA) is 85.4 Å². The van der Waals surface area contributed by atoms with Crippen LogP contribution in [-0.2, 0) is 4.79 Å². The van der Waals surface area contributed by atoms with Gasteiger partial charge in [0.1, 0.15) is 11.6 Å². The molecule has 2 aromatic heterocycles. The number of nitrogens with one attached hydrogen (secondary N) is 1. The second-order valence-electron chi connectivity index (χ2n) is 7.78. The minimum absolute atomic E-state index is 0.260. The number of pyridine rings is 1. The Morgan fingerprint density at radius 2 is 1.81 bits per heavy atom. The largest absolute Gasteiger partial charge is 0.378 e. The number of benzene rings is 2. The molecule has 8 heteroatoms. The SMILES string of the molecule is O=C(C(O)c1ccccc1)N1CCN(c2ccc(-c3nc4ccc(Cl)cc4[nH]3)cn2)CC1. The van der Waals surface area contributed by atoms with Crippen LogP contribution >= 0.6 is 11.6 Å². The van der Waals surface area contributed by atoms with E-state index in [0.717, 1.165) is 28.2 Å². The van der Waals surface area contributed by atoms with Crippen molar-refractivity contribution < 1.29 is 9.90 Å². The number of aliphatic hydroxyl groups is 1. The molecule has 1 aliphatic heterocycles. The number of amides is 1. The number of halogens is 1. The second kappa shape index (κ2) is 8.61. The van der Waals surface area contributed by atoms with Crippen LogP contribution in [0.1, 0.15) is 11.7 Å². The zero-order valence-electron chi connectivity index (χ0n) is 17.3. The van der Waals surface area contributed by atoms with Gasteiger partial charge in [-0.1, -0.05) is 41.9 Å². The summed E-state index contributed by atoms with van der Waals surface area (Å²) in [7, 11) is 0. The highest BCUT2D eigenvalue weighted by Gasteiger charge is 2.27. The first-order valence-electron chi connectivity index (χ1n) is 10.5. The molecule has 0 aliphatic carbocycles. The van der Waals surface area contributed by atoms with Crippen LogP contribution in [0.5, 0.6) is 0 Å². The zero-order valence-corrected chi connectivity index (χ0v) is 18.0. The molecule has 1 saturated heterocycles. The minimum Gasteiger partial charge on any atom is -0.378 e. The monoisotopic (exact) mass is 447 g/mol. The smallest absolute Gasteiger partial charge is 0.256 e. The summed E-state index contributed by atoms with van der Waals surface area (Å²) in [6, 6.07) is 18.5. The Balaban J connectivity index is 1.23. The highest BCUT2D eigenvalue weighted by atomic mass is 35.5. The minimum atomic E-state index is -1.13. The van der Waals surface area contributed by atoms with Gasteiger partial charge in [-0.3, -0.25) is 4.79 Å². The molecule has 32 heavy (non-hydrogen) atoms. The lowest BCUT2D eigenvalue weighted by Gasteiger charge is -2.36. The third-order valence-corrected chi connectivity index (χ3v) is 5.96. The summed E-state index contributed by atoms with van der Waals surface area (Å²) in [6.45, 7) is 2.39. The molecule has 4 aromatic rings. The molecule has 0 saturated carbocycles. The van der Waals surface area contributed by atoms with Gasteiger partial charge < -0.3 is 19.9 Å². The van der Waals surface area contributed by atoms with Crippen LogP contribution in [0.25, 0.3) is 22.4 Å². The third-order valence-electron chi connectivity index (χ3n) is 5.73. The van der Waals surface area contributed by atoms with Gasteiger partial charge in [-0.25, -0.2) is 9.97 Å². The van der Waals surface area contributed by atoms with Gasteiger partial charge in [0.2, 0.25) is 0 Å². The zero-order chi connectivity index (χ0) is 22.1. The number of aromatic nitrogens is 3. The Morgan fingerprint density at radius 3 is 2.53 bits per heavy atom. The van der Waals surface area contributed by atoms with E-state index in [1.165, 1.54) is 0 Å². The van der Waals surface area contributed by atoms with Gasteiger partial charge in [0.25, 0.3) is 5.91 Å². The number of nitrogens with zero attached hydrogens (tertiary/aromatic N) is 4. The van der Waals surface area contributed by atoms with Crippen LogP contribution in [0.3, 0.4) is 0 Å². The molecule has 0 spiro atoms. The third kappa shape index (κ3) is 4.04. The molecule has 5 rings (SSSR count). The lowest BCUT2D eigenvalue weighted by molar-refractivity contribution is -0.140. The summed E-state index contributed by atoms with van der Waals surface area (Å²) in [6.07, 6.45) is 0.671. The number of imidazole rings is 1. The second-order valence-corrected chi connectivity index (χ2v) is 8.21. The van der Waals surface area contributed by atoms with Crippen molar-refractivity contribution in [2.75, 3.05) is 31.1 Å². The van der Waals surface area contributed by atoms with Crippen LogP contribution in [0.4, 0.5) is 5.82 Å². The van der Waals surface area contributed by atoms with Crippen molar-refractivity contribution in [1.29, 1.82) is 0 Å². The van der Waals surface area contributed by atoms with Crippen molar-refractivity contribution in [3.05, 3.63) is 77.4 Å². The predicted octanol–water partition coefficient (Wildman–Crippen LogP) is 3.66. The van der Waals surface area contributed by atoms with Crippen molar-refractivity contribution in [1.82, 2.24) is 19.9 Å². The van der Waals surface area contributed by atoms with E-state index in [-0.39, 0.29) is 5.91 Å². The van der Waals surface area contributed by atoms with E-state index in [4.69, 9.17) is 11.6 Å². The van der Waals surface area contributed by atoms with Gasteiger partial charge >= 0.3 is 0 Å². The van der Waals surface area contributed by atoms with Gasteiger partial charge in [0.05, 0.1) is 11.0 Å². The number of carbonyl (C=O) groups is 1. The lowest BCUT2D eigenvalue weighted by atomic mass is 10.1. The van der Waals surface area contributed by atoms with E-state index >= 15 is 0 Å². The number of fused-ring (bicyclic) bond motifs is 1. The number of H-pyrrole nitrogens is 1. The molecular formula is C24H22ClN5O2. The first-order chi connectivity index (χ1) is 15.6. The van der Waals surface area contributed by atoms with Gasteiger partial charge in [-0.2, -0.15) is 0 Å². The first-order valence-corrected chi connectivity index (χ1v) is 10.8. The number of hydrogen-bond donors (Lipinski definition) is 2. The summed E-state index contributed by atoms with van der Waals surface area (Å²) in [4.78, 5) is 29.0. The fourth-order valence-electron chi connectivity index (χ4n) is 3.94. The normalized spacial score (nSPS) is 15.2. The van der Waals surface area contributed by atoms with Crippen LogP contribution in [0, 0.1) is 0 Å². The van der Waals surface area contributed by atoms with Crippen molar-refractivity contribution in [3.63, 3.8) is 0 Å². The molecule has 0 radical (unpaired) electrons. The van der Waals surface area contributed by atoms with Gasteiger partial charge in [-0.15, -0.1) is 0 Å². The van der Waals surface area contributed by atoms with Crippen molar-refractivity contribution in [2.45, 2.75) is 6.10 Å². The summed E-state index contributed by atoms with van der Waals surface area (Å²) < 4.78 is 0. The molecule has 162 valence electrons. The Labute approximate surface area is 190 Å². The first kappa shape index (κ1) is 20.5. The van der Waals surface area contributed by atoms with E-state index in [1.807, 2.05) is 48.5 Å². The number of carbonyl (C=O) groups excluding carboxylic acids is 1. The number of rotatable bonds is 4. The molecule has 1 atom stereocenters. The average Bonchev–Trinajstić information content (AvgIpc) is 3.27. The fraction of sp³-hybridized carbons (Fsp3) is 0.208. The van der Waals surface area contributed by atoms with Crippen molar-refractivity contribution >= 4 is 34.4 Å². The summed E-state index contributed by atoms with van der Waals surface area (Å²) in [5.74, 6) is 1.33. The van der Waals surface area contributed by atoms with Gasteiger partial charge in [-0.05, 0) is 35.9 Å². The Morgan fingerprint density at radius 1 is 1.03 bits per heavy atom. The molecule has 1 unspecified atom stereocenters. The number of piperazine rings is 1. The molecule has 1 aliphatic rings.